The molecule has 4 N–H and O–H groups in total. The van der Waals surface area contributed by atoms with Gasteiger partial charge in [0.05, 0.1) is 23.9 Å². The zero-order chi connectivity index (χ0) is 38.3. The minimum atomic E-state index is -5.04. The van der Waals surface area contributed by atoms with Gasteiger partial charge in [-0.1, -0.05) is 25.1 Å². The molecule has 0 radical (unpaired) electrons. The van der Waals surface area contributed by atoms with Crippen LogP contribution in [0.25, 0.3) is 10.9 Å². The summed E-state index contributed by atoms with van der Waals surface area (Å²) in [5.74, 6) is -0.555. The van der Waals surface area contributed by atoms with Crippen molar-refractivity contribution in [3.8, 4) is 5.75 Å². The number of rotatable bonds is 11. The van der Waals surface area contributed by atoms with Crippen molar-refractivity contribution < 1.29 is 32.3 Å². The molecule has 0 bridgehead atoms. The second kappa shape index (κ2) is 16.6. The molecule has 3 amide bonds. The van der Waals surface area contributed by atoms with Crippen LogP contribution in [0, 0.1) is 0 Å². The van der Waals surface area contributed by atoms with E-state index in [0.717, 1.165) is 0 Å². The predicted molar refractivity (Wildman–Crippen MR) is 199 cm³/mol. The van der Waals surface area contributed by atoms with E-state index in [1.807, 2.05) is 0 Å². The molecule has 276 valence electrons. The number of nitrogens with zero attached hydrogens (tertiary/aromatic N) is 5. The molecular formula is C37H36ClF3N8O4. The number of ether oxygens (including phenoxy) is 1. The first-order valence-corrected chi connectivity index (χ1v) is 16.8. The molecule has 1 saturated heterocycles. The van der Waals surface area contributed by atoms with Gasteiger partial charge in [0.25, 0.3) is 5.91 Å². The Labute approximate surface area is 308 Å². The van der Waals surface area contributed by atoms with Gasteiger partial charge in [-0.3, -0.25) is 14.4 Å². The van der Waals surface area contributed by atoms with E-state index in [1.165, 1.54) is 49.8 Å². The maximum Gasteiger partial charge on any atom is 0.434 e. The SMILES string of the molecule is C=CC(=O)N1CCN(c2ncnc3cc(Cc4cc(NC(=O)CC)cc(NC(=O)C(=CN)C(=Nc5ccc(OC)cc5)C(F)(F)F)c4)c(Cl)cc23)CC1. The van der Waals surface area contributed by atoms with Crippen LogP contribution >= 0.6 is 11.6 Å². The summed E-state index contributed by atoms with van der Waals surface area (Å²) in [6.07, 6.45) is -1.41. The van der Waals surface area contributed by atoms with Gasteiger partial charge in [-0.15, -0.1) is 0 Å². The van der Waals surface area contributed by atoms with Gasteiger partial charge in [-0.05, 0) is 78.2 Å². The van der Waals surface area contributed by atoms with Crippen LogP contribution in [0.4, 0.5) is 36.1 Å². The molecule has 2 heterocycles. The molecule has 0 saturated carbocycles. The Kier molecular flexibility index (Phi) is 12.0. The number of methoxy groups -OCH3 is 1. The minimum absolute atomic E-state index is 0.0796. The smallest absolute Gasteiger partial charge is 0.434 e. The van der Waals surface area contributed by atoms with Crippen molar-refractivity contribution in [1.82, 2.24) is 14.9 Å². The lowest BCUT2D eigenvalue weighted by Crippen LogP contribution is -2.48. The summed E-state index contributed by atoms with van der Waals surface area (Å²) in [5, 5.41) is 6.31. The summed E-state index contributed by atoms with van der Waals surface area (Å²) < 4.78 is 47.8. The molecule has 1 fully saturated rings. The third-order valence-electron chi connectivity index (χ3n) is 8.35. The highest BCUT2D eigenvalue weighted by Gasteiger charge is 2.40. The number of nitrogens with one attached hydrogen (secondary N) is 2. The minimum Gasteiger partial charge on any atom is -0.497 e. The summed E-state index contributed by atoms with van der Waals surface area (Å²) >= 11 is 6.81. The maximum absolute atomic E-state index is 14.3. The highest BCUT2D eigenvalue weighted by Crippen LogP contribution is 2.33. The molecule has 12 nitrogen and oxygen atoms in total. The molecule has 5 rings (SSSR count). The van der Waals surface area contributed by atoms with E-state index in [9.17, 15) is 27.6 Å². The fourth-order valence-electron chi connectivity index (χ4n) is 5.69. The van der Waals surface area contributed by atoms with Crippen molar-refractivity contribution in [2.45, 2.75) is 25.9 Å². The molecule has 0 atom stereocenters. The molecule has 1 aliphatic heterocycles. The first-order valence-electron chi connectivity index (χ1n) is 16.4. The lowest BCUT2D eigenvalue weighted by Gasteiger charge is -2.35. The van der Waals surface area contributed by atoms with Crippen LogP contribution in [0.2, 0.25) is 5.02 Å². The Balaban J connectivity index is 1.44. The zero-order valence-corrected chi connectivity index (χ0v) is 29.6. The number of halogens is 4. The van der Waals surface area contributed by atoms with Crippen LogP contribution in [0.1, 0.15) is 24.5 Å². The van der Waals surface area contributed by atoms with Crippen molar-refractivity contribution in [2.75, 3.05) is 48.8 Å². The number of benzene rings is 3. The summed E-state index contributed by atoms with van der Waals surface area (Å²) in [4.78, 5) is 54.2. The third kappa shape index (κ3) is 9.29. The Morgan fingerprint density at radius 2 is 1.70 bits per heavy atom. The lowest BCUT2D eigenvalue weighted by molar-refractivity contribution is -0.126. The fourth-order valence-corrected chi connectivity index (χ4v) is 5.92. The fraction of sp³-hybridized carbons (Fsp3) is 0.243. The number of aliphatic imine (C=N–C) groups is 1. The molecule has 1 aliphatic rings. The molecule has 0 aliphatic carbocycles. The van der Waals surface area contributed by atoms with Crippen molar-refractivity contribution in [1.29, 1.82) is 0 Å². The highest BCUT2D eigenvalue weighted by atomic mass is 35.5. The number of aromatic nitrogens is 2. The standard InChI is InChI=1S/C37H36ClF3N8O4/c1-4-32(50)45-25-15-22(14-23-17-31-28(19-30(23)38)35(44-21-43-31)49-12-10-48(11-13-49)33(51)5-2)16-26(18-25)47-36(52)29(20-42)34(37(39,40)41)46-24-6-8-27(53-3)9-7-24/h5-9,15-21H,2,4,10-14,42H2,1,3H3,(H,45,50)(H,47,52). The summed E-state index contributed by atoms with van der Waals surface area (Å²) in [6.45, 7) is 7.32. The number of fused-ring (bicyclic) bond motifs is 1. The lowest BCUT2D eigenvalue weighted by atomic mass is 10.0. The number of alkyl halides is 3. The Hall–Kier alpha value is -5.96. The largest absolute Gasteiger partial charge is 0.497 e. The van der Waals surface area contributed by atoms with Gasteiger partial charge in [0.2, 0.25) is 11.8 Å². The second-order valence-corrected chi connectivity index (χ2v) is 12.3. The third-order valence-corrected chi connectivity index (χ3v) is 8.70. The van der Waals surface area contributed by atoms with E-state index in [4.69, 9.17) is 22.1 Å². The zero-order valence-electron chi connectivity index (χ0n) is 28.8. The predicted octanol–water partition coefficient (Wildman–Crippen LogP) is 6.18. The number of carbonyl (C=O) groups is 3. The molecule has 4 aromatic rings. The Bertz CT molecular complexity index is 2100. The molecule has 53 heavy (non-hydrogen) atoms. The summed E-state index contributed by atoms with van der Waals surface area (Å²) in [6, 6.07) is 13.7. The monoisotopic (exact) mass is 748 g/mol. The van der Waals surface area contributed by atoms with Gasteiger partial charge in [-0.2, -0.15) is 13.2 Å². The first-order chi connectivity index (χ1) is 25.3. The average molecular weight is 749 g/mol. The van der Waals surface area contributed by atoms with Crippen molar-refractivity contribution in [3.05, 3.63) is 102 Å². The van der Waals surface area contributed by atoms with E-state index in [0.29, 0.717) is 76.7 Å². The van der Waals surface area contributed by atoms with Crippen LogP contribution in [0.5, 0.6) is 5.75 Å². The molecular weight excluding hydrogens is 713 g/mol. The van der Waals surface area contributed by atoms with E-state index >= 15 is 0 Å². The Morgan fingerprint density at radius 1 is 1.02 bits per heavy atom. The topological polar surface area (TPSA) is 155 Å². The Morgan fingerprint density at radius 3 is 2.30 bits per heavy atom. The van der Waals surface area contributed by atoms with Crippen LogP contribution < -0.4 is 26.0 Å². The van der Waals surface area contributed by atoms with E-state index < -0.39 is 23.4 Å². The number of hydrogen-bond acceptors (Lipinski definition) is 9. The molecule has 0 spiro atoms. The van der Waals surface area contributed by atoms with Gasteiger partial charge in [0.1, 0.15) is 17.9 Å². The molecule has 1 aromatic heterocycles. The van der Waals surface area contributed by atoms with Gasteiger partial charge in [0, 0.05) is 60.6 Å². The van der Waals surface area contributed by atoms with Crippen LogP contribution in [-0.2, 0) is 20.8 Å². The van der Waals surface area contributed by atoms with Crippen LogP contribution in [0.3, 0.4) is 0 Å². The molecule has 0 unspecified atom stereocenters. The van der Waals surface area contributed by atoms with Gasteiger partial charge < -0.3 is 30.9 Å². The van der Waals surface area contributed by atoms with Crippen molar-refractivity contribution in [2.24, 2.45) is 10.7 Å². The molecule has 3 aromatic carbocycles. The van der Waals surface area contributed by atoms with Crippen LogP contribution in [-0.4, -0.2) is 77.8 Å². The highest BCUT2D eigenvalue weighted by molar-refractivity contribution is 6.32. The quantitative estimate of drug-likeness (QED) is 0.121. The average Bonchev–Trinajstić information content (AvgIpc) is 3.14. The number of piperazine rings is 1. The number of amides is 3. The number of hydrogen-bond donors (Lipinski definition) is 3. The summed E-state index contributed by atoms with van der Waals surface area (Å²) in [5.41, 5.74) is 5.28. The van der Waals surface area contributed by atoms with Crippen molar-refractivity contribution >= 4 is 68.8 Å². The second-order valence-electron chi connectivity index (χ2n) is 11.9. The van der Waals surface area contributed by atoms with E-state index in [-0.39, 0.29) is 36.0 Å². The number of nitrogens with two attached hydrogens (primary N) is 1. The number of anilines is 3. The van der Waals surface area contributed by atoms with Crippen molar-refractivity contribution in [3.63, 3.8) is 0 Å². The first kappa shape index (κ1) is 38.3. The number of carbonyl (C=O) groups excluding carboxylic acids is 3. The summed E-state index contributed by atoms with van der Waals surface area (Å²) in [7, 11) is 1.41. The van der Waals surface area contributed by atoms with E-state index in [2.05, 4.69) is 37.1 Å². The van der Waals surface area contributed by atoms with Crippen LogP contribution in [0.15, 0.2) is 90.3 Å². The van der Waals surface area contributed by atoms with E-state index in [1.54, 1.807) is 36.1 Å². The molecule has 16 heteroatoms. The van der Waals surface area contributed by atoms with Gasteiger partial charge >= 0.3 is 6.18 Å². The van der Waals surface area contributed by atoms with Gasteiger partial charge in [-0.25, -0.2) is 15.0 Å². The van der Waals surface area contributed by atoms with Gasteiger partial charge in [0.15, 0.2) is 5.71 Å². The maximum atomic E-state index is 14.3. The normalized spacial score (nSPS) is 13.8.